The lowest BCUT2D eigenvalue weighted by Crippen LogP contribution is -2.54. The van der Waals surface area contributed by atoms with Gasteiger partial charge in [0.2, 0.25) is 5.91 Å². The van der Waals surface area contributed by atoms with Crippen LogP contribution in [0.4, 0.5) is 5.69 Å². The molecule has 5 heteroatoms. The molecule has 1 N–H and O–H groups in total. The second kappa shape index (κ2) is 8.82. The summed E-state index contributed by atoms with van der Waals surface area (Å²) >= 11 is 0. The van der Waals surface area contributed by atoms with Crippen molar-refractivity contribution in [3.63, 3.8) is 0 Å². The van der Waals surface area contributed by atoms with Crippen LogP contribution in [0.1, 0.15) is 29.8 Å². The van der Waals surface area contributed by atoms with Crippen LogP contribution in [-0.4, -0.2) is 53.8 Å². The molecule has 1 heterocycles. The normalized spacial score (nSPS) is 16.0. The van der Waals surface area contributed by atoms with Crippen LogP contribution >= 0.6 is 0 Å². The van der Waals surface area contributed by atoms with E-state index in [-0.39, 0.29) is 17.9 Å². The first-order valence-corrected chi connectivity index (χ1v) is 9.56. The van der Waals surface area contributed by atoms with Gasteiger partial charge in [-0.05, 0) is 43.2 Å². The topological polar surface area (TPSA) is 52.7 Å². The maximum atomic E-state index is 12.6. The molecule has 0 spiro atoms. The average Bonchev–Trinajstić information content (AvgIpc) is 2.74. The third-order valence-corrected chi connectivity index (χ3v) is 5.18. The second-order valence-corrected chi connectivity index (χ2v) is 6.91. The van der Waals surface area contributed by atoms with Crippen LogP contribution in [0, 0.1) is 0 Å². The molecule has 1 aliphatic rings. The van der Waals surface area contributed by atoms with Gasteiger partial charge in [-0.3, -0.25) is 14.5 Å². The molecular formula is C22H27N3O2. The lowest BCUT2D eigenvalue weighted by atomic mass is 10.1. The fraction of sp³-hybridized carbons (Fsp3) is 0.364. The van der Waals surface area contributed by atoms with Crippen molar-refractivity contribution in [2.75, 3.05) is 31.5 Å². The smallest absolute Gasteiger partial charge is 0.253 e. The third kappa shape index (κ3) is 4.74. The summed E-state index contributed by atoms with van der Waals surface area (Å²) in [6.07, 6.45) is 0.983. The number of carbonyl (C=O) groups is 2. The minimum absolute atomic E-state index is 0.0120. The molecule has 27 heavy (non-hydrogen) atoms. The Kier molecular flexibility index (Phi) is 6.24. The molecule has 1 aliphatic heterocycles. The van der Waals surface area contributed by atoms with E-state index in [0.717, 1.165) is 12.1 Å². The van der Waals surface area contributed by atoms with Crippen LogP contribution in [0.15, 0.2) is 54.6 Å². The van der Waals surface area contributed by atoms with E-state index in [4.69, 9.17) is 0 Å². The zero-order valence-corrected chi connectivity index (χ0v) is 16.0. The Morgan fingerprint density at radius 3 is 2.19 bits per heavy atom. The van der Waals surface area contributed by atoms with E-state index in [2.05, 4.69) is 17.1 Å². The van der Waals surface area contributed by atoms with E-state index in [1.165, 1.54) is 5.56 Å². The average molecular weight is 365 g/mol. The van der Waals surface area contributed by atoms with Gasteiger partial charge in [0.15, 0.2) is 0 Å². The number of nitrogens with zero attached hydrogens (tertiary/aromatic N) is 2. The van der Waals surface area contributed by atoms with Gasteiger partial charge in [-0.15, -0.1) is 0 Å². The highest BCUT2D eigenvalue weighted by atomic mass is 16.2. The summed E-state index contributed by atoms with van der Waals surface area (Å²) < 4.78 is 0. The fourth-order valence-corrected chi connectivity index (χ4v) is 3.31. The van der Waals surface area contributed by atoms with Crippen molar-refractivity contribution in [3.8, 4) is 0 Å². The highest BCUT2D eigenvalue weighted by Crippen LogP contribution is 2.14. The standard InChI is InChI=1S/C22H27N3O2/c1-3-18-9-11-20(12-10-18)23-21(26)17(2)24-13-15-25(16-14-24)22(27)19-7-5-4-6-8-19/h4-12,17H,3,13-16H2,1-2H3,(H,23,26). The summed E-state index contributed by atoms with van der Waals surface area (Å²) in [6.45, 7) is 6.69. The molecule has 1 unspecified atom stereocenters. The Balaban J connectivity index is 1.52. The van der Waals surface area contributed by atoms with Gasteiger partial charge in [0, 0.05) is 37.4 Å². The summed E-state index contributed by atoms with van der Waals surface area (Å²) in [5.41, 5.74) is 2.79. The fourth-order valence-electron chi connectivity index (χ4n) is 3.31. The lowest BCUT2D eigenvalue weighted by Gasteiger charge is -2.37. The Morgan fingerprint density at radius 1 is 0.963 bits per heavy atom. The molecule has 142 valence electrons. The molecule has 0 radical (unpaired) electrons. The SMILES string of the molecule is CCc1ccc(NC(=O)C(C)N2CCN(C(=O)c3ccccc3)CC2)cc1. The maximum absolute atomic E-state index is 12.6. The zero-order chi connectivity index (χ0) is 19.2. The first kappa shape index (κ1) is 19.1. The number of benzene rings is 2. The summed E-state index contributed by atoms with van der Waals surface area (Å²) in [5.74, 6) is 0.0467. The minimum Gasteiger partial charge on any atom is -0.336 e. The van der Waals surface area contributed by atoms with E-state index in [1.54, 1.807) is 0 Å². The van der Waals surface area contributed by atoms with Gasteiger partial charge in [0.25, 0.3) is 5.91 Å². The number of piperazine rings is 1. The largest absolute Gasteiger partial charge is 0.336 e. The van der Waals surface area contributed by atoms with Crippen LogP contribution in [-0.2, 0) is 11.2 Å². The first-order chi connectivity index (χ1) is 13.1. The molecule has 0 aliphatic carbocycles. The summed E-state index contributed by atoms with van der Waals surface area (Å²) in [6, 6.07) is 17.1. The van der Waals surface area contributed by atoms with E-state index >= 15 is 0 Å². The third-order valence-electron chi connectivity index (χ3n) is 5.18. The van der Waals surface area contributed by atoms with Gasteiger partial charge in [-0.2, -0.15) is 0 Å². The highest BCUT2D eigenvalue weighted by Gasteiger charge is 2.27. The number of amides is 2. The van der Waals surface area contributed by atoms with E-state index < -0.39 is 0 Å². The monoisotopic (exact) mass is 365 g/mol. The van der Waals surface area contributed by atoms with Crippen molar-refractivity contribution in [1.82, 2.24) is 9.80 Å². The van der Waals surface area contributed by atoms with Gasteiger partial charge < -0.3 is 10.2 Å². The first-order valence-electron chi connectivity index (χ1n) is 9.56. The van der Waals surface area contributed by atoms with Crippen molar-refractivity contribution in [3.05, 3.63) is 65.7 Å². The number of rotatable bonds is 5. The maximum Gasteiger partial charge on any atom is 0.253 e. The Bertz CT molecular complexity index is 766. The van der Waals surface area contributed by atoms with Crippen LogP contribution in [0.25, 0.3) is 0 Å². The molecule has 1 atom stereocenters. The molecule has 2 aromatic rings. The molecule has 1 fully saturated rings. The molecule has 5 nitrogen and oxygen atoms in total. The number of aryl methyl sites for hydroxylation is 1. The second-order valence-electron chi connectivity index (χ2n) is 6.91. The number of hydrogen-bond donors (Lipinski definition) is 1. The van der Waals surface area contributed by atoms with Crippen molar-refractivity contribution in [1.29, 1.82) is 0 Å². The van der Waals surface area contributed by atoms with E-state index in [0.29, 0.717) is 31.7 Å². The number of carbonyl (C=O) groups excluding carboxylic acids is 2. The molecule has 2 aromatic carbocycles. The summed E-state index contributed by atoms with van der Waals surface area (Å²) in [7, 11) is 0. The number of hydrogen-bond acceptors (Lipinski definition) is 3. The van der Waals surface area contributed by atoms with Crippen molar-refractivity contribution < 1.29 is 9.59 Å². The predicted octanol–water partition coefficient (Wildman–Crippen LogP) is 3.03. The molecule has 2 amide bonds. The van der Waals surface area contributed by atoms with Crippen LogP contribution in [0.5, 0.6) is 0 Å². The quantitative estimate of drug-likeness (QED) is 0.886. The van der Waals surface area contributed by atoms with Crippen LogP contribution < -0.4 is 5.32 Å². The highest BCUT2D eigenvalue weighted by molar-refractivity contribution is 5.95. The number of nitrogens with one attached hydrogen (secondary N) is 1. The molecule has 1 saturated heterocycles. The minimum atomic E-state index is -0.232. The lowest BCUT2D eigenvalue weighted by molar-refractivity contribution is -0.121. The zero-order valence-electron chi connectivity index (χ0n) is 16.0. The van der Waals surface area contributed by atoms with Gasteiger partial charge in [0.05, 0.1) is 6.04 Å². The molecular weight excluding hydrogens is 338 g/mol. The van der Waals surface area contributed by atoms with Crippen molar-refractivity contribution in [2.24, 2.45) is 0 Å². The molecule has 3 rings (SSSR count). The van der Waals surface area contributed by atoms with E-state index in [9.17, 15) is 9.59 Å². The Labute approximate surface area is 161 Å². The van der Waals surface area contributed by atoms with Gasteiger partial charge in [0.1, 0.15) is 0 Å². The van der Waals surface area contributed by atoms with Crippen LogP contribution in [0.3, 0.4) is 0 Å². The summed E-state index contributed by atoms with van der Waals surface area (Å²) in [4.78, 5) is 29.1. The summed E-state index contributed by atoms with van der Waals surface area (Å²) in [5, 5.41) is 2.99. The Hall–Kier alpha value is -2.66. The van der Waals surface area contributed by atoms with Gasteiger partial charge >= 0.3 is 0 Å². The van der Waals surface area contributed by atoms with Crippen LogP contribution in [0.2, 0.25) is 0 Å². The van der Waals surface area contributed by atoms with Gasteiger partial charge in [-0.1, -0.05) is 37.3 Å². The number of anilines is 1. The van der Waals surface area contributed by atoms with Crippen molar-refractivity contribution >= 4 is 17.5 Å². The predicted molar refractivity (Wildman–Crippen MR) is 108 cm³/mol. The van der Waals surface area contributed by atoms with Crippen molar-refractivity contribution in [2.45, 2.75) is 26.3 Å². The Morgan fingerprint density at radius 2 is 1.59 bits per heavy atom. The molecule has 0 bridgehead atoms. The molecule has 0 saturated carbocycles. The van der Waals surface area contributed by atoms with E-state index in [1.807, 2.05) is 66.4 Å². The van der Waals surface area contributed by atoms with Gasteiger partial charge in [-0.25, -0.2) is 0 Å². The molecule has 0 aromatic heterocycles.